The van der Waals surface area contributed by atoms with Gasteiger partial charge in [0.25, 0.3) is 0 Å². The molecule has 4 nitrogen and oxygen atoms in total. The minimum absolute atomic E-state index is 0.101. The highest BCUT2D eigenvalue weighted by Gasteiger charge is 2.37. The van der Waals surface area contributed by atoms with E-state index in [0.717, 1.165) is 56.8 Å². The van der Waals surface area contributed by atoms with E-state index in [1.54, 1.807) is 6.92 Å². The summed E-state index contributed by atoms with van der Waals surface area (Å²) in [4.78, 5) is 11.5. The Morgan fingerprint density at radius 1 is 1.42 bits per heavy atom. The summed E-state index contributed by atoms with van der Waals surface area (Å²) in [6.07, 6.45) is 10.5. The highest BCUT2D eigenvalue weighted by Crippen LogP contribution is 2.31. The van der Waals surface area contributed by atoms with Crippen molar-refractivity contribution in [2.75, 3.05) is 0 Å². The topological polar surface area (TPSA) is 44.8 Å². The van der Waals surface area contributed by atoms with Gasteiger partial charge in [-0.15, -0.1) is 0 Å². The smallest absolute Gasteiger partial charge is 0.370 e. The van der Waals surface area contributed by atoms with Gasteiger partial charge in [-0.3, -0.25) is 0 Å². The molecule has 0 aromatic rings. The number of hydrogen-bond donors (Lipinski definition) is 0. The molecular weight excluding hydrogens is 244 g/mol. The number of esters is 1. The average Bonchev–Trinajstić information content (AvgIpc) is 3.02. The second kappa shape index (κ2) is 6.24. The number of rotatable bonds is 6. The number of carbonyl (C=O) groups is 1. The van der Waals surface area contributed by atoms with Crippen LogP contribution in [0.2, 0.25) is 0 Å². The summed E-state index contributed by atoms with van der Waals surface area (Å²) in [5.41, 5.74) is 0. The molecule has 1 unspecified atom stereocenters. The van der Waals surface area contributed by atoms with Crippen LogP contribution in [0.1, 0.15) is 51.9 Å². The van der Waals surface area contributed by atoms with Crippen molar-refractivity contribution in [1.29, 1.82) is 0 Å². The molecule has 0 N–H and O–H groups in total. The highest BCUT2D eigenvalue weighted by atomic mass is 16.9. The van der Waals surface area contributed by atoms with E-state index in [2.05, 4.69) is 6.58 Å². The summed E-state index contributed by atoms with van der Waals surface area (Å²) in [5, 5.41) is 0. The quantitative estimate of drug-likeness (QED) is 0.420. The van der Waals surface area contributed by atoms with E-state index in [4.69, 9.17) is 14.2 Å². The molecule has 2 aliphatic carbocycles. The first-order valence-electron chi connectivity index (χ1n) is 7.02. The maximum absolute atomic E-state index is 11.5. The summed E-state index contributed by atoms with van der Waals surface area (Å²) in [6.45, 7) is 5.07. The van der Waals surface area contributed by atoms with Crippen LogP contribution in [0.25, 0.3) is 0 Å². The van der Waals surface area contributed by atoms with Gasteiger partial charge in [-0.1, -0.05) is 19.4 Å². The zero-order valence-corrected chi connectivity index (χ0v) is 11.5. The molecule has 4 heteroatoms. The summed E-state index contributed by atoms with van der Waals surface area (Å²) in [7, 11) is 0. The van der Waals surface area contributed by atoms with Crippen LogP contribution in [0.5, 0.6) is 0 Å². The second-order valence-electron chi connectivity index (χ2n) is 5.18. The van der Waals surface area contributed by atoms with Crippen LogP contribution in [-0.4, -0.2) is 18.0 Å². The van der Waals surface area contributed by atoms with E-state index in [1.165, 1.54) is 0 Å². The molecule has 0 amide bonds. The summed E-state index contributed by atoms with van der Waals surface area (Å²) in [6, 6.07) is 0. The zero-order valence-electron chi connectivity index (χ0n) is 11.5. The molecule has 0 aromatic carbocycles. The summed E-state index contributed by atoms with van der Waals surface area (Å²) < 4.78 is 16.9. The minimum atomic E-state index is -1.34. The van der Waals surface area contributed by atoms with Gasteiger partial charge in [0.05, 0.1) is 11.9 Å². The third-order valence-corrected chi connectivity index (χ3v) is 3.45. The lowest BCUT2D eigenvalue weighted by Gasteiger charge is -2.32. The molecule has 0 spiro atoms. The number of hydrogen-bond acceptors (Lipinski definition) is 4. The predicted molar refractivity (Wildman–Crippen MR) is 71.1 cm³/mol. The Kier molecular flexibility index (Phi) is 4.64. The van der Waals surface area contributed by atoms with Crippen molar-refractivity contribution in [2.45, 2.75) is 63.9 Å². The largest absolute Gasteiger partial charge is 0.435 e. The molecule has 0 saturated heterocycles. The lowest BCUT2D eigenvalue weighted by Crippen LogP contribution is -2.40. The summed E-state index contributed by atoms with van der Waals surface area (Å²) in [5.74, 6) is -1.02. The Labute approximate surface area is 114 Å². The van der Waals surface area contributed by atoms with E-state index in [1.807, 2.05) is 6.08 Å². The van der Waals surface area contributed by atoms with Gasteiger partial charge in [-0.2, -0.15) is 0 Å². The number of ether oxygens (including phenoxy) is 3. The van der Waals surface area contributed by atoms with Crippen molar-refractivity contribution in [3.05, 3.63) is 24.5 Å². The molecule has 19 heavy (non-hydrogen) atoms. The van der Waals surface area contributed by atoms with Gasteiger partial charge in [-0.25, -0.2) is 4.79 Å². The Morgan fingerprint density at radius 3 is 2.74 bits per heavy atom. The monoisotopic (exact) mass is 266 g/mol. The predicted octanol–water partition coefficient (Wildman–Crippen LogP) is 3.43. The van der Waals surface area contributed by atoms with Crippen molar-refractivity contribution >= 4 is 5.97 Å². The molecule has 1 saturated carbocycles. The molecule has 2 aliphatic rings. The van der Waals surface area contributed by atoms with E-state index in [9.17, 15) is 4.79 Å². The van der Waals surface area contributed by atoms with Crippen LogP contribution in [0, 0.1) is 0 Å². The lowest BCUT2D eigenvalue weighted by atomic mass is 10.3. The van der Waals surface area contributed by atoms with E-state index in [0.29, 0.717) is 0 Å². The molecule has 1 fully saturated rings. The maximum Gasteiger partial charge on any atom is 0.370 e. The number of carbonyl (C=O) groups excluding carboxylic acids is 1. The fourth-order valence-corrected chi connectivity index (χ4v) is 2.57. The Hall–Kier alpha value is -1.29. The van der Waals surface area contributed by atoms with Crippen LogP contribution >= 0.6 is 0 Å². The minimum Gasteiger partial charge on any atom is -0.435 e. The maximum atomic E-state index is 11.5. The number of allylic oxidation sites excluding steroid dienone is 2. The Morgan fingerprint density at radius 2 is 2.16 bits per heavy atom. The van der Waals surface area contributed by atoms with Gasteiger partial charge in [-0.05, 0) is 31.8 Å². The van der Waals surface area contributed by atoms with Crippen molar-refractivity contribution in [1.82, 2.24) is 0 Å². The third-order valence-electron chi connectivity index (χ3n) is 3.45. The van der Waals surface area contributed by atoms with Crippen LogP contribution in [0.4, 0.5) is 0 Å². The molecular formula is C15H22O4. The average molecular weight is 266 g/mol. The normalized spacial score (nSPS) is 22.7. The first-order chi connectivity index (χ1) is 9.11. The molecule has 106 valence electrons. The van der Waals surface area contributed by atoms with Gasteiger partial charge in [0, 0.05) is 19.4 Å². The van der Waals surface area contributed by atoms with Gasteiger partial charge in [0.2, 0.25) is 0 Å². The first kappa shape index (κ1) is 14.1. The molecule has 0 heterocycles. The van der Waals surface area contributed by atoms with Crippen LogP contribution in [-0.2, 0) is 19.0 Å². The lowest BCUT2D eigenvalue weighted by molar-refractivity contribution is -0.350. The highest BCUT2D eigenvalue weighted by molar-refractivity contribution is 5.81. The van der Waals surface area contributed by atoms with Crippen LogP contribution < -0.4 is 0 Å². The molecule has 0 radical (unpaired) electrons. The Bertz CT molecular complexity index is 368. The van der Waals surface area contributed by atoms with Gasteiger partial charge in [0.1, 0.15) is 0 Å². The molecule has 1 atom stereocenters. The van der Waals surface area contributed by atoms with E-state index < -0.39 is 11.9 Å². The van der Waals surface area contributed by atoms with E-state index in [-0.39, 0.29) is 6.10 Å². The third kappa shape index (κ3) is 4.10. The van der Waals surface area contributed by atoms with Crippen molar-refractivity contribution in [3.8, 4) is 0 Å². The van der Waals surface area contributed by atoms with Crippen molar-refractivity contribution < 1.29 is 19.0 Å². The van der Waals surface area contributed by atoms with Gasteiger partial charge < -0.3 is 14.2 Å². The molecule has 0 bridgehead atoms. The summed E-state index contributed by atoms with van der Waals surface area (Å²) >= 11 is 0. The van der Waals surface area contributed by atoms with Crippen LogP contribution in [0.3, 0.4) is 0 Å². The first-order valence-corrected chi connectivity index (χ1v) is 7.02. The fraction of sp³-hybridized carbons (Fsp3) is 0.667. The zero-order chi connectivity index (χ0) is 13.7. The SMILES string of the molecule is C=CC(=O)OC(C)(OC1=CCCC1)OC1CCCC1. The fourth-order valence-electron chi connectivity index (χ4n) is 2.57. The molecule has 0 aromatic heterocycles. The van der Waals surface area contributed by atoms with Crippen LogP contribution in [0.15, 0.2) is 24.5 Å². The van der Waals surface area contributed by atoms with Gasteiger partial charge >= 0.3 is 11.9 Å². The van der Waals surface area contributed by atoms with Crippen molar-refractivity contribution in [3.63, 3.8) is 0 Å². The second-order valence-corrected chi connectivity index (χ2v) is 5.18. The molecule has 0 aliphatic heterocycles. The van der Waals surface area contributed by atoms with Gasteiger partial charge in [0.15, 0.2) is 0 Å². The molecule has 2 rings (SSSR count). The van der Waals surface area contributed by atoms with Crippen molar-refractivity contribution in [2.24, 2.45) is 0 Å². The Balaban J connectivity index is 2.01. The van der Waals surface area contributed by atoms with E-state index >= 15 is 0 Å². The standard InChI is InChI=1S/C15H22O4/c1-3-14(16)19-15(2,17-12-8-4-5-9-12)18-13-10-6-7-11-13/h3,8,13H,1,4-7,9-11H2,2H3.